The maximum absolute atomic E-state index is 5.89. The molecule has 0 aromatic carbocycles. The van der Waals surface area contributed by atoms with E-state index in [1.54, 1.807) is 17.4 Å². The largest absolute Gasteiger partial charge is 0.263 e. The molecule has 0 amide bonds. The van der Waals surface area contributed by atoms with E-state index < -0.39 is 0 Å². The SMILES string of the molecule is Cc1nc(Cl)cc2nnc(-c3csc(Br)c3)n12. The van der Waals surface area contributed by atoms with Crippen LogP contribution < -0.4 is 0 Å². The number of nitrogens with zero attached hydrogens (tertiary/aromatic N) is 4. The molecule has 3 rings (SSSR count). The Kier molecular flexibility index (Phi) is 2.65. The van der Waals surface area contributed by atoms with Crippen molar-refractivity contribution >= 4 is 44.5 Å². The highest BCUT2D eigenvalue weighted by Crippen LogP contribution is 2.28. The molecule has 0 N–H and O–H groups in total. The van der Waals surface area contributed by atoms with Crippen LogP contribution in [0.1, 0.15) is 5.82 Å². The fourth-order valence-corrected chi connectivity index (χ4v) is 3.02. The van der Waals surface area contributed by atoms with E-state index in [4.69, 9.17) is 11.6 Å². The van der Waals surface area contributed by atoms with Gasteiger partial charge in [0.05, 0.1) is 3.79 Å². The molecule has 0 atom stereocenters. The van der Waals surface area contributed by atoms with Gasteiger partial charge in [0, 0.05) is 17.0 Å². The van der Waals surface area contributed by atoms with Crippen molar-refractivity contribution in [2.45, 2.75) is 6.92 Å². The van der Waals surface area contributed by atoms with Gasteiger partial charge in [-0.1, -0.05) is 11.6 Å². The molecule has 3 heterocycles. The summed E-state index contributed by atoms with van der Waals surface area (Å²) >= 11 is 10.9. The zero-order valence-electron chi connectivity index (χ0n) is 8.69. The summed E-state index contributed by atoms with van der Waals surface area (Å²) in [6, 6.07) is 3.71. The molecule has 3 aromatic heterocycles. The highest BCUT2D eigenvalue weighted by molar-refractivity contribution is 9.11. The summed E-state index contributed by atoms with van der Waals surface area (Å²) in [5, 5.41) is 10.7. The molecular weight excluding hydrogens is 324 g/mol. The Balaban J connectivity index is 2.31. The lowest BCUT2D eigenvalue weighted by Gasteiger charge is -2.01. The first-order valence-electron chi connectivity index (χ1n) is 4.78. The van der Waals surface area contributed by atoms with Gasteiger partial charge in [0.2, 0.25) is 0 Å². The van der Waals surface area contributed by atoms with Crippen LogP contribution in [0.25, 0.3) is 17.0 Å². The lowest BCUT2D eigenvalue weighted by molar-refractivity contribution is 0.989. The minimum Gasteiger partial charge on any atom is -0.263 e. The molecule has 17 heavy (non-hydrogen) atoms. The van der Waals surface area contributed by atoms with Crippen LogP contribution in [0, 0.1) is 6.92 Å². The number of halogens is 2. The zero-order valence-corrected chi connectivity index (χ0v) is 11.8. The topological polar surface area (TPSA) is 43.1 Å². The summed E-state index contributed by atoms with van der Waals surface area (Å²) in [6.07, 6.45) is 0. The number of thiophene rings is 1. The predicted octanol–water partition coefficient (Wildman–Crippen LogP) is 3.58. The first-order valence-corrected chi connectivity index (χ1v) is 6.83. The average molecular weight is 330 g/mol. The van der Waals surface area contributed by atoms with E-state index >= 15 is 0 Å². The molecule has 7 heteroatoms. The predicted molar refractivity (Wildman–Crippen MR) is 71.5 cm³/mol. The first-order chi connectivity index (χ1) is 8.15. The molecule has 0 aliphatic rings. The highest BCUT2D eigenvalue weighted by atomic mass is 79.9. The highest BCUT2D eigenvalue weighted by Gasteiger charge is 2.12. The summed E-state index contributed by atoms with van der Waals surface area (Å²) in [7, 11) is 0. The second-order valence-corrected chi connectivity index (χ2v) is 6.16. The number of aryl methyl sites for hydroxylation is 1. The molecule has 0 fully saturated rings. The van der Waals surface area contributed by atoms with E-state index in [1.165, 1.54) is 0 Å². The third kappa shape index (κ3) is 1.86. The monoisotopic (exact) mass is 328 g/mol. The van der Waals surface area contributed by atoms with Crippen molar-refractivity contribution in [1.29, 1.82) is 0 Å². The number of aromatic nitrogens is 4. The molecule has 4 nitrogen and oxygen atoms in total. The molecule has 3 aromatic rings. The molecular formula is C10H6BrClN4S. The van der Waals surface area contributed by atoms with Gasteiger partial charge in [-0.3, -0.25) is 4.40 Å². The summed E-state index contributed by atoms with van der Waals surface area (Å²) in [6.45, 7) is 1.88. The molecule has 0 spiro atoms. The lowest BCUT2D eigenvalue weighted by atomic mass is 10.3. The minimum absolute atomic E-state index is 0.431. The lowest BCUT2D eigenvalue weighted by Crippen LogP contribution is -1.97. The van der Waals surface area contributed by atoms with Crippen molar-refractivity contribution in [3.63, 3.8) is 0 Å². The van der Waals surface area contributed by atoms with Crippen molar-refractivity contribution in [3.05, 3.63) is 32.3 Å². The van der Waals surface area contributed by atoms with Gasteiger partial charge in [-0.15, -0.1) is 21.5 Å². The van der Waals surface area contributed by atoms with Gasteiger partial charge in [-0.05, 0) is 28.9 Å². The molecule has 0 radical (unpaired) electrons. The number of fused-ring (bicyclic) bond motifs is 1. The van der Waals surface area contributed by atoms with Gasteiger partial charge < -0.3 is 0 Å². The normalized spacial score (nSPS) is 11.2. The van der Waals surface area contributed by atoms with Crippen LogP contribution in [0.3, 0.4) is 0 Å². The Labute approximate surface area is 114 Å². The van der Waals surface area contributed by atoms with E-state index in [0.29, 0.717) is 10.8 Å². The Bertz CT molecular complexity index is 705. The summed E-state index contributed by atoms with van der Waals surface area (Å²) < 4.78 is 2.95. The minimum atomic E-state index is 0.431. The first kappa shape index (κ1) is 11.1. The van der Waals surface area contributed by atoms with Gasteiger partial charge in [-0.25, -0.2) is 4.98 Å². The fraction of sp³-hybridized carbons (Fsp3) is 0.100. The molecule has 86 valence electrons. The zero-order chi connectivity index (χ0) is 12.0. The van der Waals surface area contributed by atoms with Crippen LogP contribution in [-0.2, 0) is 0 Å². The second-order valence-electron chi connectivity index (χ2n) is 3.48. The number of hydrogen-bond donors (Lipinski definition) is 0. The third-order valence-electron chi connectivity index (χ3n) is 2.35. The molecule has 0 saturated heterocycles. The van der Waals surface area contributed by atoms with Crippen LogP contribution in [0.4, 0.5) is 0 Å². The Morgan fingerprint density at radius 1 is 1.35 bits per heavy atom. The van der Waals surface area contributed by atoms with Gasteiger partial charge in [0.25, 0.3) is 0 Å². The van der Waals surface area contributed by atoms with E-state index in [-0.39, 0.29) is 0 Å². The van der Waals surface area contributed by atoms with Crippen LogP contribution in [0.15, 0.2) is 21.3 Å². The van der Waals surface area contributed by atoms with Crippen molar-refractivity contribution < 1.29 is 0 Å². The van der Waals surface area contributed by atoms with Gasteiger partial charge in [-0.2, -0.15) is 0 Å². The fourth-order valence-electron chi connectivity index (χ4n) is 1.67. The number of rotatable bonds is 1. The van der Waals surface area contributed by atoms with Crippen LogP contribution in [0.2, 0.25) is 5.15 Å². The maximum atomic E-state index is 5.89. The molecule has 0 bridgehead atoms. The van der Waals surface area contributed by atoms with Crippen molar-refractivity contribution in [1.82, 2.24) is 19.6 Å². The molecule has 0 saturated carbocycles. The number of hydrogen-bond acceptors (Lipinski definition) is 4. The van der Waals surface area contributed by atoms with Crippen molar-refractivity contribution in [2.75, 3.05) is 0 Å². The van der Waals surface area contributed by atoms with Gasteiger partial charge >= 0.3 is 0 Å². The standard InChI is InChI=1S/C10H6BrClN4S/c1-5-13-8(12)3-9-14-15-10(16(5)9)6-2-7(11)17-4-6/h2-4H,1H3. The second kappa shape index (κ2) is 4.04. The smallest absolute Gasteiger partial charge is 0.170 e. The van der Waals surface area contributed by atoms with Crippen LogP contribution >= 0.6 is 38.9 Å². The molecule has 0 aliphatic heterocycles. The third-order valence-corrected chi connectivity index (χ3v) is 4.05. The summed E-state index contributed by atoms with van der Waals surface area (Å²) in [5.74, 6) is 1.55. The van der Waals surface area contributed by atoms with Crippen LogP contribution in [-0.4, -0.2) is 19.6 Å². The Morgan fingerprint density at radius 3 is 2.88 bits per heavy atom. The summed E-state index contributed by atoms with van der Waals surface area (Å²) in [4.78, 5) is 4.21. The molecule has 0 aliphatic carbocycles. The van der Waals surface area contributed by atoms with Crippen molar-refractivity contribution in [2.24, 2.45) is 0 Å². The van der Waals surface area contributed by atoms with E-state index in [0.717, 1.165) is 21.0 Å². The maximum Gasteiger partial charge on any atom is 0.170 e. The Morgan fingerprint density at radius 2 is 2.18 bits per heavy atom. The van der Waals surface area contributed by atoms with E-state index in [9.17, 15) is 0 Å². The quantitative estimate of drug-likeness (QED) is 0.641. The Hall–Kier alpha value is -0.980. The van der Waals surface area contributed by atoms with Crippen molar-refractivity contribution in [3.8, 4) is 11.4 Å². The average Bonchev–Trinajstić information content (AvgIpc) is 2.83. The van der Waals surface area contributed by atoms with E-state index in [2.05, 4.69) is 31.1 Å². The molecule has 0 unspecified atom stereocenters. The van der Waals surface area contributed by atoms with Gasteiger partial charge in [0.15, 0.2) is 11.5 Å². The summed E-state index contributed by atoms with van der Waals surface area (Å²) in [5.41, 5.74) is 1.72. The van der Waals surface area contributed by atoms with E-state index in [1.807, 2.05) is 22.8 Å². The van der Waals surface area contributed by atoms with Crippen LogP contribution in [0.5, 0.6) is 0 Å². The van der Waals surface area contributed by atoms with Gasteiger partial charge in [0.1, 0.15) is 11.0 Å².